The van der Waals surface area contributed by atoms with Gasteiger partial charge in [0.25, 0.3) is 10.1 Å². The molecule has 7 rings (SSSR count). The van der Waals surface area contributed by atoms with Crippen LogP contribution >= 0.6 is 0 Å². The maximum Gasteiger partial charge on any atom is 0.339 e. The Balaban J connectivity index is 1.10. The SMILES string of the molecule is CC(C)OC(=O)[C@H](O[C@@H]1O[C@H](CO)[C@H](OC(=O)c2ccccc2)[C@H](O[C@H](Cc2ccccc2)C(=O)O)[C@H]1OC(=O)c1ccccc1)[C@@H](O[C@@H]1O[C@@H](C)[C@@H](O)[C@@H](O)[C@@H]1O)C(=O)O[C@@H](C)CCCn1cc(CCCCC(=O)Nc2ccc(OCCCS(=O)(=O)O)cc2)nn1. The van der Waals surface area contributed by atoms with E-state index in [9.17, 15) is 62.7 Å². The number of nitrogens with zero attached hydrogens (tertiary/aromatic N) is 3. The molecule has 500 valence electrons. The average molecular weight is 1310 g/mol. The van der Waals surface area contributed by atoms with Gasteiger partial charge in [-0.05, 0) is 120 Å². The molecule has 0 bridgehead atoms. The van der Waals surface area contributed by atoms with E-state index >= 15 is 0 Å². The van der Waals surface area contributed by atoms with Crippen LogP contribution in [0.5, 0.6) is 5.75 Å². The van der Waals surface area contributed by atoms with Gasteiger partial charge in [-0.2, -0.15) is 8.42 Å². The summed E-state index contributed by atoms with van der Waals surface area (Å²) in [5, 5.41) is 65.9. The van der Waals surface area contributed by atoms with Crippen LogP contribution < -0.4 is 10.1 Å². The first-order valence-corrected chi connectivity index (χ1v) is 31.6. The van der Waals surface area contributed by atoms with Crippen molar-refractivity contribution in [2.45, 2.75) is 178 Å². The minimum atomic E-state index is -4.08. The molecule has 0 radical (unpaired) electrons. The zero-order valence-electron chi connectivity index (χ0n) is 51.0. The van der Waals surface area contributed by atoms with Crippen molar-refractivity contribution in [3.8, 4) is 5.75 Å². The van der Waals surface area contributed by atoms with Crippen molar-refractivity contribution in [2.75, 3.05) is 24.3 Å². The van der Waals surface area contributed by atoms with Gasteiger partial charge in [0.15, 0.2) is 43.1 Å². The molecule has 2 aliphatic heterocycles. The summed E-state index contributed by atoms with van der Waals surface area (Å²) < 4.78 is 92.3. The maximum absolute atomic E-state index is 14.9. The monoisotopic (exact) mass is 1310 g/mol. The number of carboxylic acids is 1. The molecule has 1 amide bonds. The van der Waals surface area contributed by atoms with Gasteiger partial charge in [0.1, 0.15) is 36.3 Å². The summed E-state index contributed by atoms with van der Waals surface area (Å²) in [6.07, 6.45) is -23.4. The molecule has 4 aromatic carbocycles. The molecule has 0 saturated carbocycles. The highest BCUT2D eigenvalue weighted by atomic mass is 32.2. The number of aryl methyl sites for hydroxylation is 2. The van der Waals surface area contributed by atoms with Crippen LogP contribution in [0.2, 0.25) is 0 Å². The van der Waals surface area contributed by atoms with Crippen molar-refractivity contribution >= 4 is 51.6 Å². The molecule has 0 spiro atoms. The Morgan fingerprint density at radius 2 is 1.28 bits per heavy atom. The largest absolute Gasteiger partial charge is 0.494 e. The number of amides is 1. The molecule has 2 fully saturated rings. The van der Waals surface area contributed by atoms with Gasteiger partial charge in [0, 0.05) is 31.3 Å². The lowest BCUT2D eigenvalue weighted by Gasteiger charge is -2.46. The van der Waals surface area contributed by atoms with Gasteiger partial charge in [-0.25, -0.2) is 24.0 Å². The Kier molecular flexibility index (Phi) is 27.0. The standard InChI is InChI=1S/C63H78N4O24S/c1-37(2)83-60(77)54(91-63-56(89-59(76)42-23-12-7-13-24-42)53(86-46(57(73)74)34-40-19-8-5-9-20-40)52(47(36-68)87-63)88-58(75)41-21-10-6-11-22-41)55(90-62-51(72)50(71)49(70)39(4)85-62)61(78)84-38(3)18-16-31-67-35-44(65-66-67)25-14-15-26-48(69)64-43-27-29-45(30-28-43)82-32-17-33-92(79,80)81/h5-13,19-24,27-30,35,37-39,46-47,49-56,62-63,68,70-72H,14-18,25-26,31-34,36H2,1-4H3,(H,64,69)(H,73,74)(H,79,80,81)/t38-,39-,46+,47+,49+,50+,51-,52-,53-,54+,55+,56+,62-,63-/m0/s1. The number of carbonyl (C=O) groups is 6. The molecule has 1 aromatic heterocycles. The third kappa shape index (κ3) is 21.7. The number of esters is 4. The van der Waals surface area contributed by atoms with Crippen molar-refractivity contribution in [1.82, 2.24) is 15.0 Å². The average Bonchev–Trinajstić information content (AvgIpc) is 0.934. The third-order valence-corrected chi connectivity index (χ3v) is 15.3. The van der Waals surface area contributed by atoms with Crippen LogP contribution in [0.3, 0.4) is 0 Å². The Hall–Kier alpha value is -7.81. The number of carbonyl (C=O) groups excluding carboxylic acids is 5. The fourth-order valence-electron chi connectivity index (χ4n) is 9.82. The van der Waals surface area contributed by atoms with Crippen LogP contribution in [0.25, 0.3) is 0 Å². The van der Waals surface area contributed by atoms with Crippen LogP contribution in [0, 0.1) is 0 Å². The van der Waals surface area contributed by atoms with E-state index in [0.717, 1.165) is 0 Å². The molecule has 2 saturated heterocycles. The second-order valence-corrected chi connectivity index (χ2v) is 23.8. The normalized spacial score (nSPS) is 22.8. The molecule has 92 heavy (non-hydrogen) atoms. The molecular formula is C63H78N4O24S. The van der Waals surface area contributed by atoms with Gasteiger partial charge in [-0.3, -0.25) is 14.0 Å². The summed E-state index contributed by atoms with van der Waals surface area (Å²) in [5.74, 6) is -6.51. The first-order chi connectivity index (χ1) is 44.0. The molecule has 2 aliphatic rings. The molecule has 14 atom stereocenters. The molecular weight excluding hydrogens is 1230 g/mol. The van der Waals surface area contributed by atoms with Crippen LogP contribution in [0.15, 0.2) is 121 Å². The zero-order chi connectivity index (χ0) is 66.5. The smallest absolute Gasteiger partial charge is 0.339 e. The molecule has 7 N–H and O–H groups in total. The highest BCUT2D eigenvalue weighted by Gasteiger charge is 2.56. The van der Waals surface area contributed by atoms with Crippen molar-refractivity contribution in [1.29, 1.82) is 0 Å². The van der Waals surface area contributed by atoms with Crippen LogP contribution in [-0.4, -0.2) is 200 Å². The lowest BCUT2D eigenvalue weighted by molar-refractivity contribution is -0.337. The number of aliphatic carboxylic acids is 1. The lowest BCUT2D eigenvalue weighted by atomic mass is 9.96. The van der Waals surface area contributed by atoms with E-state index in [2.05, 4.69) is 15.6 Å². The number of anilines is 1. The van der Waals surface area contributed by atoms with Gasteiger partial charge in [0.2, 0.25) is 5.91 Å². The predicted octanol–water partition coefficient (Wildman–Crippen LogP) is 3.80. The highest BCUT2D eigenvalue weighted by molar-refractivity contribution is 7.85. The number of ether oxygens (including phenoxy) is 10. The number of aromatic nitrogens is 3. The number of hydrogen-bond acceptors (Lipinski definition) is 24. The fraction of sp³-hybridized carbons (Fsp3) is 0.492. The number of carboxylic acid groups (broad SMARTS) is 1. The summed E-state index contributed by atoms with van der Waals surface area (Å²) >= 11 is 0. The topological polar surface area (TPSA) is 393 Å². The molecule has 5 aromatic rings. The summed E-state index contributed by atoms with van der Waals surface area (Å²) in [5.41, 5.74) is 1.60. The molecule has 3 heterocycles. The van der Waals surface area contributed by atoms with E-state index < -0.39 is 144 Å². The van der Waals surface area contributed by atoms with Crippen molar-refractivity contribution in [3.05, 3.63) is 144 Å². The zero-order valence-corrected chi connectivity index (χ0v) is 51.8. The van der Waals surface area contributed by atoms with Crippen LogP contribution in [0.1, 0.15) is 98.2 Å². The fourth-order valence-corrected chi connectivity index (χ4v) is 10.3. The van der Waals surface area contributed by atoms with E-state index in [1.807, 2.05) is 0 Å². The predicted molar refractivity (Wildman–Crippen MR) is 321 cm³/mol. The number of aliphatic hydroxyl groups is 4. The lowest BCUT2D eigenvalue weighted by Crippen LogP contribution is -2.65. The van der Waals surface area contributed by atoms with Gasteiger partial charge < -0.3 is 78.2 Å². The van der Waals surface area contributed by atoms with Gasteiger partial charge in [-0.1, -0.05) is 71.9 Å². The summed E-state index contributed by atoms with van der Waals surface area (Å²) in [6, 6.07) is 29.8. The van der Waals surface area contributed by atoms with Gasteiger partial charge >= 0.3 is 29.8 Å². The van der Waals surface area contributed by atoms with Crippen molar-refractivity contribution in [3.63, 3.8) is 0 Å². The third-order valence-electron chi connectivity index (χ3n) is 14.5. The Labute approximate surface area is 530 Å². The number of unbranched alkanes of at least 4 members (excludes halogenated alkanes) is 1. The molecule has 29 heteroatoms. The Bertz CT molecular complexity index is 3270. The summed E-state index contributed by atoms with van der Waals surface area (Å²) in [6.45, 7) is 5.12. The molecule has 0 aliphatic carbocycles. The Morgan fingerprint density at radius 3 is 1.88 bits per heavy atom. The second kappa shape index (κ2) is 34.7. The minimum Gasteiger partial charge on any atom is -0.494 e. The first-order valence-electron chi connectivity index (χ1n) is 30.0. The van der Waals surface area contributed by atoms with E-state index in [1.54, 1.807) is 89.7 Å². The van der Waals surface area contributed by atoms with E-state index in [1.165, 1.54) is 64.1 Å². The second-order valence-electron chi connectivity index (χ2n) is 22.2. The minimum absolute atomic E-state index is 0.00530. The first kappa shape index (κ1) is 71.6. The van der Waals surface area contributed by atoms with E-state index in [4.69, 9.17) is 51.9 Å². The number of benzene rings is 4. The molecule has 0 unspecified atom stereocenters. The van der Waals surface area contributed by atoms with E-state index in [-0.39, 0.29) is 55.9 Å². The van der Waals surface area contributed by atoms with Crippen molar-refractivity contribution < 1.29 is 115 Å². The summed E-state index contributed by atoms with van der Waals surface area (Å²) in [7, 11) is -4.08. The van der Waals surface area contributed by atoms with Crippen LogP contribution in [-0.2, 0) is 91.3 Å². The van der Waals surface area contributed by atoms with Crippen molar-refractivity contribution in [2.24, 2.45) is 0 Å². The molecule has 28 nitrogen and oxygen atoms in total. The summed E-state index contributed by atoms with van der Waals surface area (Å²) in [4.78, 5) is 83.7. The number of aliphatic hydroxyl groups excluding tert-OH is 4. The number of rotatable bonds is 34. The quantitative estimate of drug-likeness (QED) is 0.0133. The number of nitrogens with one attached hydrogen (secondary N) is 1. The number of hydrogen-bond donors (Lipinski definition) is 7. The van der Waals surface area contributed by atoms with Gasteiger partial charge in [0.05, 0.1) is 54.1 Å². The van der Waals surface area contributed by atoms with E-state index in [0.29, 0.717) is 48.4 Å². The van der Waals surface area contributed by atoms with Crippen LogP contribution in [0.4, 0.5) is 5.69 Å². The Morgan fingerprint density at radius 1 is 0.685 bits per heavy atom. The van der Waals surface area contributed by atoms with Gasteiger partial charge in [-0.15, -0.1) is 5.10 Å². The maximum atomic E-state index is 14.9. The highest BCUT2D eigenvalue weighted by Crippen LogP contribution is 2.35.